The molecule has 18 heavy (non-hydrogen) atoms. The van der Waals surface area contributed by atoms with Crippen LogP contribution in [0.4, 0.5) is 0 Å². The molecule has 1 fully saturated rings. The van der Waals surface area contributed by atoms with Gasteiger partial charge in [0.2, 0.25) is 0 Å². The van der Waals surface area contributed by atoms with E-state index in [1.165, 1.54) is 37.7 Å². The lowest BCUT2D eigenvalue weighted by molar-refractivity contribution is 0.405. The van der Waals surface area contributed by atoms with Crippen molar-refractivity contribution in [2.75, 3.05) is 5.88 Å². The molecule has 0 bridgehead atoms. The standard InChI is InChI=1S/C16H18ClN/c17-11-16(13-6-2-1-3-7-13)10-14-8-4-5-9-15(14)12-18/h4-5,8-10,13H,1-3,6-7,11H2/b16-10-. The summed E-state index contributed by atoms with van der Waals surface area (Å²) in [6.45, 7) is 0. The van der Waals surface area contributed by atoms with Crippen LogP contribution in [0.2, 0.25) is 0 Å². The lowest BCUT2D eigenvalue weighted by Crippen LogP contribution is -2.10. The van der Waals surface area contributed by atoms with E-state index >= 15 is 0 Å². The highest BCUT2D eigenvalue weighted by Crippen LogP contribution is 2.31. The molecule has 0 saturated heterocycles. The van der Waals surface area contributed by atoms with Crippen molar-refractivity contribution in [3.8, 4) is 6.07 Å². The van der Waals surface area contributed by atoms with Crippen LogP contribution < -0.4 is 0 Å². The lowest BCUT2D eigenvalue weighted by atomic mass is 9.83. The molecule has 1 aliphatic carbocycles. The number of allylic oxidation sites excluding steroid dienone is 1. The third-order valence-electron chi connectivity index (χ3n) is 3.71. The molecule has 0 spiro atoms. The number of halogens is 1. The van der Waals surface area contributed by atoms with E-state index in [0.29, 0.717) is 11.8 Å². The first-order valence-electron chi connectivity index (χ1n) is 6.60. The number of benzene rings is 1. The monoisotopic (exact) mass is 259 g/mol. The van der Waals surface area contributed by atoms with Crippen molar-refractivity contribution in [1.82, 2.24) is 0 Å². The van der Waals surface area contributed by atoms with E-state index < -0.39 is 0 Å². The van der Waals surface area contributed by atoms with Crippen molar-refractivity contribution in [1.29, 1.82) is 5.26 Å². The van der Waals surface area contributed by atoms with Crippen LogP contribution in [0.25, 0.3) is 6.08 Å². The van der Waals surface area contributed by atoms with Crippen LogP contribution in [0, 0.1) is 17.2 Å². The van der Waals surface area contributed by atoms with Gasteiger partial charge in [-0.3, -0.25) is 0 Å². The molecule has 2 heteroatoms. The summed E-state index contributed by atoms with van der Waals surface area (Å²) in [5, 5.41) is 9.10. The van der Waals surface area contributed by atoms with E-state index in [1.807, 2.05) is 24.3 Å². The van der Waals surface area contributed by atoms with E-state index in [2.05, 4.69) is 12.1 Å². The highest BCUT2D eigenvalue weighted by molar-refractivity contribution is 6.19. The highest BCUT2D eigenvalue weighted by Gasteiger charge is 2.17. The second-order valence-electron chi connectivity index (χ2n) is 4.89. The Balaban J connectivity index is 2.25. The molecule has 0 N–H and O–H groups in total. The first-order chi connectivity index (χ1) is 8.85. The Labute approximate surface area is 114 Å². The van der Waals surface area contributed by atoms with E-state index in [9.17, 15) is 0 Å². The summed E-state index contributed by atoms with van der Waals surface area (Å²) in [6, 6.07) is 9.97. The molecule has 1 aliphatic rings. The van der Waals surface area contributed by atoms with Crippen molar-refractivity contribution in [2.24, 2.45) is 5.92 Å². The largest absolute Gasteiger partial charge is 0.192 e. The Morgan fingerprint density at radius 2 is 2.00 bits per heavy atom. The third-order valence-corrected chi connectivity index (χ3v) is 4.01. The van der Waals surface area contributed by atoms with Gasteiger partial charge in [0, 0.05) is 5.88 Å². The Bertz CT molecular complexity index is 464. The van der Waals surface area contributed by atoms with Gasteiger partial charge in [0.15, 0.2) is 0 Å². The van der Waals surface area contributed by atoms with Gasteiger partial charge in [-0.25, -0.2) is 0 Å². The summed E-state index contributed by atoms with van der Waals surface area (Å²) in [7, 11) is 0. The fourth-order valence-corrected chi connectivity index (χ4v) is 2.96. The van der Waals surface area contributed by atoms with Gasteiger partial charge in [-0.1, -0.05) is 49.1 Å². The zero-order chi connectivity index (χ0) is 12.8. The molecule has 0 atom stereocenters. The molecule has 0 amide bonds. The quantitative estimate of drug-likeness (QED) is 0.718. The summed E-state index contributed by atoms with van der Waals surface area (Å²) in [5.41, 5.74) is 3.02. The maximum atomic E-state index is 9.10. The molecule has 0 unspecified atom stereocenters. The molecule has 1 aromatic rings. The number of hydrogen-bond acceptors (Lipinski definition) is 1. The topological polar surface area (TPSA) is 23.8 Å². The van der Waals surface area contributed by atoms with E-state index in [4.69, 9.17) is 16.9 Å². The second-order valence-corrected chi connectivity index (χ2v) is 5.15. The van der Waals surface area contributed by atoms with Crippen molar-refractivity contribution in [2.45, 2.75) is 32.1 Å². The first kappa shape index (κ1) is 13.2. The van der Waals surface area contributed by atoms with Gasteiger partial charge < -0.3 is 0 Å². The normalized spacial score (nSPS) is 17.4. The van der Waals surface area contributed by atoms with Gasteiger partial charge in [0.05, 0.1) is 11.6 Å². The molecule has 2 rings (SSSR count). The summed E-state index contributed by atoms with van der Waals surface area (Å²) in [5.74, 6) is 1.19. The van der Waals surface area contributed by atoms with Crippen molar-refractivity contribution < 1.29 is 0 Å². The van der Waals surface area contributed by atoms with Gasteiger partial charge in [0.25, 0.3) is 0 Å². The molecule has 0 aliphatic heterocycles. The molecule has 1 aromatic carbocycles. The molecule has 94 valence electrons. The summed E-state index contributed by atoms with van der Waals surface area (Å²) in [6.07, 6.45) is 8.57. The maximum absolute atomic E-state index is 9.10. The maximum Gasteiger partial charge on any atom is 0.0997 e. The fourth-order valence-electron chi connectivity index (χ4n) is 2.66. The molecular formula is C16H18ClN. The number of hydrogen-bond donors (Lipinski definition) is 0. The Kier molecular flexibility index (Phi) is 4.84. The van der Waals surface area contributed by atoms with Gasteiger partial charge in [-0.2, -0.15) is 5.26 Å². The zero-order valence-electron chi connectivity index (χ0n) is 10.5. The van der Waals surface area contributed by atoms with Crippen LogP contribution in [0.3, 0.4) is 0 Å². The van der Waals surface area contributed by atoms with Crippen LogP contribution in [-0.4, -0.2) is 5.88 Å². The summed E-state index contributed by atoms with van der Waals surface area (Å²) < 4.78 is 0. The summed E-state index contributed by atoms with van der Waals surface area (Å²) in [4.78, 5) is 0. The predicted octanol–water partition coefficient (Wildman–Crippen LogP) is 4.76. The minimum absolute atomic E-state index is 0.574. The van der Waals surface area contributed by atoms with E-state index in [-0.39, 0.29) is 0 Å². The number of nitriles is 1. The molecule has 1 saturated carbocycles. The highest BCUT2D eigenvalue weighted by atomic mass is 35.5. The van der Waals surface area contributed by atoms with E-state index in [1.54, 1.807) is 0 Å². The minimum atomic E-state index is 0.574. The second kappa shape index (κ2) is 6.61. The predicted molar refractivity (Wildman–Crippen MR) is 76.4 cm³/mol. The van der Waals surface area contributed by atoms with Gasteiger partial charge in [-0.15, -0.1) is 11.6 Å². The van der Waals surface area contributed by atoms with Gasteiger partial charge >= 0.3 is 0 Å². The SMILES string of the molecule is N#Cc1ccccc1/C=C(/CCl)C1CCCCC1. The molecule has 1 nitrogen and oxygen atoms in total. The minimum Gasteiger partial charge on any atom is -0.192 e. The van der Waals surface area contributed by atoms with Gasteiger partial charge in [0.1, 0.15) is 0 Å². The average Bonchev–Trinajstić information content (AvgIpc) is 2.46. The number of alkyl halides is 1. The number of nitrogens with zero attached hydrogens (tertiary/aromatic N) is 1. The van der Waals surface area contributed by atoms with Crippen LogP contribution in [0.5, 0.6) is 0 Å². The third kappa shape index (κ3) is 3.15. The fraction of sp³-hybridized carbons (Fsp3) is 0.438. The summed E-state index contributed by atoms with van der Waals surface area (Å²) >= 11 is 6.10. The Morgan fingerprint density at radius 1 is 1.28 bits per heavy atom. The van der Waals surface area contributed by atoms with Crippen LogP contribution >= 0.6 is 11.6 Å². The van der Waals surface area contributed by atoms with Crippen molar-refractivity contribution >= 4 is 17.7 Å². The Morgan fingerprint density at radius 3 is 2.67 bits per heavy atom. The lowest BCUT2D eigenvalue weighted by Gasteiger charge is -2.23. The van der Waals surface area contributed by atoms with Crippen LogP contribution in [0.1, 0.15) is 43.2 Å². The van der Waals surface area contributed by atoms with Crippen molar-refractivity contribution in [3.63, 3.8) is 0 Å². The molecule has 0 radical (unpaired) electrons. The average molecular weight is 260 g/mol. The van der Waals surface area contributed by atoms with Crippen LogP contribution in [-0.2, 0) is 0 Å². The van der Waals surface area contributed by atoms with Crippen LogP contribution in [0.15, 0.2) is 29.8 Å². The van der Waals surface area contributed by atoms with Crippen molar-refractivity contribution in [3.05, 3.63) is 41.0 Å². The Hall–Kier alpha value is -1.26. The zero-order valence-corrected chi connectivity index (χ0v) is 11.3. The van der Waals surface area contributed by atoms with E-state index in [0.717, 1.165) is 11.1 Å². The smallest absolute Gasteiger partial charge is 0.0997 e. The molecule has 0 aromatic heterocycles. The van der Waals surface area contributed by atoms with Gasteiger partial charge in [-0.05, 0) is 30.4 Å². The molecular weight excluding hydrogens is 242 g/mol. The first-order valence-corrected chi connectivity index (χ1v) is 7.14. The molecule has 0 heterocycles. The number of rotatable bonds is 3.